The molecule has 0 atom stereocenters. The Kier molecular flexibility index (Phi) is 8.04. The minimum atomic E-state index is -0.952. The summed E-state index contributed by atoms with van der Waals surface area (Å²) in [7, 11) is 0. The van der Waals surface area contributed by atoms with Crippen molar-refractivity contribution in [3.8, 4) is 23.0 Å². The molecular formula is C26H29N3O3. The van der Waals surface area contributed by atoms with Gasteiger partial charge in [-0.05, 0) is 36.1 Å². The minimum absolute atomic E-state index is 0.154. The van der Waals surface area contributed by atoms with Crippen molar-refractivity contribution in [2.24, 2.45) is 0 Å². The number of carboxylic acid groups (broad SMARTS) is 1. The maximum atomic E-state index is 12.9. The number of aromatic nitrogens is 3. The zero-order chi connectivity index (χ0) is 22.9. The summed E-state index contributed by atoms with van der Waals surface area (Å²) >= 11 is 0. The van der Waals surface area contributed by atoms with E-state index in [4.69, 9.17) is 0 Å². The molecule has 0 saturated heterocycles. The highest BCUT2D eigenvalue weighted by Gasteiger charge is 2.14. The van der Waals surface area contributed by atoms with Crippen molar-refractivity contribution < 1.29 is 9.90 Å². The Morgan fingerprint density at radius 3 is 2.50 bits per heavy atom. The predicted octanol–water partition coefficient (Wildman–Crippen LogP) is 4.60. The van der Waals surface area contributed by atoms with Crippen LogP contribution >= 0.6 is 0 Å². The van der Waals surface area contributed by atoms with Gasteiger partial charge in [-0.1, -0.05) is 74.6 Å². The SMILES string of the molecule is CC#CCn1nc(CCCCCC)n(Cc2ccc(-c3ccccc3C(=O)O)cc2)c1=O. The number of aromatic carboxylic acids is 1. The van der Waals surface area contributed by atoms with Crippen molar-refractivity contribution >= 4 is 5.97 Å². The van der Waals surface area contributed by atoms with Crippen LogP contribution in [0.5, 0.6) is 0 Å². The van der Waals surface area contributed by atoms with Crippen LogP contribution in [0.3, 0.4) is 0 Å². The van der Waals surface area contributed by atoms with Crippen LogP contribution in [0, 0.1) is 11.8 Å². The van der Waals surface area contributed by atoms with Crippen molar-refractivity contribution in [1.29, 1.82) is 0 Å². The van der Waals surface area contributed by atoms with Crippen LogP contribution in [-0.4, -0.2) is 25.4 Å². The number of rotatable bonds is 10. The number of hydrogen-bond acceptors (Lipinski definition) is 3. The molecule has 0 spiro atoms. The first-order valence-electron chi connectivity index (χ1n) is 11.0. The maximum absolute atomic E-state index is 12.9. The van der Waals surface area contributed by atoms with Gasteiger partial charge in [0.15, 0.2) is 0 Å². The highest BCUT2D eigenvalue weighted by molar-refractivity contribution is 5.95. The highest BCUT2D eigenvalue weighted by Crippen LogP contribution is 2.24. The Balaban J connectivity index is 1.85. The molecule has 2 aromatic carbocycles. The Hall–Kier alpha value is -3.59. The molecule has 1 heterocycles. The second kappa shape index (κ2) is 11.1. The molecule has 6 nitrogen and oxygen atoms in total. The molecular weight excluding hydrogens is 402 g/mol. The number of hydrogen-bond donors (Lipinski definition) is 1. The molecule has 6 heteroatoms. The molecule has 0 aliphatic carbocycles. The van der Waals surface area contributed by atoms with E-state index < -0.39 is 5.97 Å². The van der Waals surface area contributed by atoms with E-state index in [0.717, 1.165) is 42.6 Å². The van der Waals surface area contributed by atoms with Gasteiger partial charge in [0.2, 0.25) is 0 Å². The quantitative estimate of drug-likeness (QED) is 0.376. The molecule has 0 saturated carbocycles. The fraction of sp³-hybridized carbons (Fsp3) is 0.346. The van der Waals surface area contributed by atoms with E-state index in [2.05, 4.69) is 23.9 Å². The van der Waals surface area contributed by atoms with Crippen LogP contribution in [0.2, 0.25) is 0 Å². The van der Waals surface area contributed by atoms with Gasteiger partial charge in [0.25, 0.3) is 0 Å². The van der Waals surface area contributed by atoms with E-state index in [-0.39, 0.29) is 17.8 Å². The minimum Gasteiger partial charge on any atom is -0.478 e. The predicted molar refractivity (Wildman–Crippen MR) is 126 cm³/mol. The first-order valence-corrected chi connectivity index (χ1v) is 11.0. The van der Waals surface area contributed by atoms with Crippen molar-refractivity contribution in [2.75, 3.05) is 0 Å². The lowest BCUT2D eigenvalue weighted by Crippen LogP contribution is -2.25. The fourth-order valence-electron chi connectivity index (χ4n) is 3.69. The molecule has 0 unspecified atom stereocenters. The fourth-order valence-corrected chi connectivity index (χ4v) is 3.69. The van der Waals surface area contributed by atoms with Crippen LogP contribution in [-0.2, 0) is 19.5 Å². The number of nitrogens with zero attached hydrogens (tertiary/aromatic N) is 3. The normalized spacial score (nSPS) is 10.6. The van der Waals surface area contributed by atoms with Gasteiger partial charge < -0.3 is 5.11 Å². The van der Waals surface area contributed by atoms with Crippen molar-refractivity contribution in [2.45, 2.75) is 59.0 Å². The van der Waals surface area contributed by atoms with E-state index >= 15 is 0 Å². The van der Waals surface area contributed by atoms with E-state index in [1.807, 2.05) is 30.3 Å². The zero-order valence-corrected chi connectivity index (χ0v) is 18.7. The summed E-state index contributed by atoms with van der Waals surface area (Å²) in [6.45, 7) is 4.63. The molecule has 1 aromatic heterocycles. The summed E-state index contributed by atoms with van der Waals surface area (Å²) in [6, 6.07) is 14.6. The summed E-state index contributed by atoms with van der Waals surface area (Å²) in [5.41, 5.74) is 2.57. The Morgan fingerprint density at radius 2 is 1.81 bits per heavy atom. The third-order valence-corrected chi connectivity index (χ3v) is 5.42. The average Bonchev–Trinajstić information content (AvgIpc) is 3.10. The van der Waals surface area contributed by atoms with Crippen molar-refractivity contribution in [3.63, 3.8) is 0 Å². The van der Waals surface area contributed by atoms with Crippen molar-refractivity contribution in [3.05, 3.63) is 76.0 Å². The molecule has 0 aliphatic heterocycles. The summed E-state index contributed by atoms with van der Waals surface area (Å²) < 4.78 is 3.16. The second-order valence-electron chi connectivity index (χ2n) is 7.73. The molecule has 166 valence electrons. The third kappa shape index (κ3) is 5.55. The summed E-state index contributed by atoms with van der Waals surface area (Å²) in [4.78, 5) is 24.5. The Bertz CT molecular complexity index is 1180. The standard InChI is InChI=1S/C26H29N3O3/c1-3-5-7-8-13-24-27-29(18-6-4-2)26(32)28(24)19-20-14-16-21(17-15-20)22-11-9-10-12-23(22)25(30)31/h9-12,14-17H,3,5,7-8,13,18-19H2,1-2H3,(H,30,31). The van der Waals surface area contributed by atoms with Gasteiger partial charge in [-0.25, -0.2) is 14.3 Å². The first-order chi connectivity index (χ1) is 15.5. The van der Waals surface area contributed by atoms with Crippen LogP contribution < -0.4 is 5.69 Å². The summed E-state index contributed by atoms with van der Waals surface area (Å²) in [5.74, 6) is 5.56. The first kappa shape index (κ1) is 23.1. The van der Waals surface area contributed by atoms with E-state index in [1.165, 1.54) is 11.1 Å². The molecule has 0 fully saturated rings. The maximum Gasteiger partial charge on any atom is 0.347 e. The number of unbranched alkanes of at least 4 members (excludes halogenated alkanes) is 3. The van der Waals surface area contributed by atoms with Crippen LogP contribution in [0.4, 0.5) is 0 Å². The number of carboxylic acids is 1. The average molecular weight is 432 g/mol. The van der Waals surface area contributed by atoms with Crippen LogP contribution in [0.15, 0.2) is 53.3 Å². The molecule has 3 aromatic rings. The van der Waals surface area contributed by atoms with E-state index in [0.29, 0.717) is 12.1 Å². The second-order valence-corrected chi connectivity index (χ2v) is 7.73. The van der Waals surface area contributed by atoms with Gasteiger partial charge in [0, 0.05) is 6.42 Å². The molecule has 3 rings (SSSR count). The topological polar surface area (TPSA) is 77.1 Å². The van der Waals surface area contributed by atoms with Gasteiger partial charge in [0.1, 0.15) is 12.4 Å². The summed E-state index contributed by atoms with van der Waals surface area (Å²) in [6.07, 6.45) is 5.20. The largest absolute Gasteiger partial charge is 0.478 e. The molecule has 32 heavy (non-hydrogen) atoms. The number of benzene rings is 2. The van der Waals surface area contributed by atoms with Gasteiger partial charge in [-0.3, -0.25) is 4.57 Å². The lowest BCUT2D eigenvalue weighted by atomic mass is 9.99. The zero-order valence-electron chi connectivity index (χ0n) is 18.7. The highest BCUT2D eigenvalue weighted by atomic mass is 16.4. The van der Waals surface area contributed by atoms with Gasteiger partial charge >= 0.3 is 11.7 Å². The Morgan fingerprint density at radius 1 is 1.06 bits per heavy atom. The van der Waals surface area contributed by atoms with Crippen molar-refractivity contribution in [1.82, 2.24) is 14.3 Å². The van der Waals surface area contributed by atoms with Gasteiger partial charge in [-0.2, -0.15) is 5.10 Å². The Labute approximate surface area is 188 Å². The van der Waals surface area contributed by atoms with Crippen LogP contribution in [0.25, 0.3) is 11.1 Å². The van der Waals surface area contributed by atoms with Gasteiger partial charge in [0.05, 0.1) is 12.1 Å². The lowest BCUT2D eigenvalue weighted by Gasteiger charge is -2.09. The van der Waals surface area contributed by atoms with Gasteiger partial charge in [-0.15, -0.1) is 5.92 Å². The van der Waals surface area contributed by atoms with Crippen LogP contribution in [0.1, 0.15) is 61.3 Å². The monoisotopic (exact) mass is 431 g/mol. The molecule has 0 radical (unpaired) electrons. The lowest BCUT2D eigenvalue weighted by molar-refractivity contribution is 0.0697. The van der Waals surface area contributed by atoms with E-state index in [1.54, 1.807) is 29.7 Å². The molecule has 0 amide bonds. The summed E-state index contributed by atoms with van der Waals surface area (Å²) in [5, 5.41) is 14.0. The molecule has 1 N–H and O–H groups in total. The third-order valence-electron chi connectivity index (χ3n) is 5.42. The smallest absolute Gasteiger partial charge is 0.347 e. The number of carbonyl (C=O) groups is 1. The number of aryl methyl sites for hydroxylation is 1. The molecule has 0 bridgehead atoms. The van der Waals surface area contributed by atoms with E-state index in [9.17, 15) is 14.7 Å². The molecule has 0 aliphatic rings.